The Morgan fingerprint density at radius 2 is 2.00 bits per heavy atom. The Kier molecular flexibility index (Phi) is 7.07. The molecule has 1 unspecified atom stereocenters. The number of aliphatic carboxylic acids is 1. The van der Waals surface area contributed by atoms with Crippen molar-refractivity contribution in [3.63, 3.8) is 0 Å². The van der Waals surface area contributed by atoms with Gasteiger partial charge in [0.15, 0.2) is 6.10 Å². The van der Waals surface area contributed by atoms with E-state index in [0.29, 0.717) is 15.8 Å². The second-order valence-corrected chi connectivity index (χ2v) is 4.99. The Hall–Kier alpha value is -1.18. The van der Waals surface area contributed by atoms with Gasteiger partial charge in [-0.2, -0.15) is 0 Å². The molecule has 106 valence electrons. The Balaban J connectivity index is 0.00000220. The van der Waals surface area contributed by atoms with Gasteiger partial charge in [0.25, 0.3) is 0 Å². The molecule has 0 bridgehead atoms. The number of carboxylic acids is 1. The third-order valence-electron chi connectivity index (χ3n) is 2.53. The van der Waals surface area contributed by atoms with Crippen LogP contribution in [0.2, 0.25) is 10.0 Å². The smallest absolute Gasteiger partial charge is 1.00 e. The van der Waals surface area contributed by atoms with E-state index in [0.717, 1.165) is 5.56 Å². The molecule has 4 nitrogen and oxygen atoms in total. The summed E-state index contributed by atoms with van der Waals surface area (Å²) >= 11 is 11.7. The summed E-state index contributed by atoms with van der Waals surface area (Å²) in [5, 5.41) is 10.00. The number of carboxylic acid groups (broad SMARTS) is 1. The van der Waals surface area contributed by atoms with E-state index in [2.05, 4.69) is 4.98 Å². The average molecular weight is 320 g/mol. The normalized spacial score (nSPS) is 11.3. The van der Waals surface area contributed by atoms with Crippen LogP contribution >= 0.6 is 23.2 Å². The molecule has 0 fully saturated rings. The molecule has 21 heavy (non-hydrogen) atoms. The van der Waals surface area contributed by atoms with Crippen LogP contribution in [0.4, 0.5) is 0 Å². The van der Waals surface area contributed by atoms with Gasteiger partial charge in [0.1, 0.15) is 5.75 Å². The second-order valence-electron chi connectivity index (χ2n) is 4.12. The number of carbonyl (C=O) groups is 1. The minimum atomic E-state index is -1.06. The summed E-state index contributed by atoms with van der Waals surface area (Å²) in [4.78, 5) is 15.2. The van der Waals surface area contributed by atoms with E-state index < -0.39 is 12.1 Å². The van der Waals surface area contributed by atoms with Gasteiger partial charge in [0, 0.05) is 28.9 Å². The van der Waals surface area contributed by atoms with E-state index in [1.807, 2.05) is 0 Å². The zero-order valence-corrected chi connectivity index (χ0v) is 12.8. The topological polar surface area (TPSA) is 59.4 Å². The summed E-state index contributed by atoms with van der Waals surface area (Å²) in [6.07, 6.45) is 2.39. The van der Waals surface area contributed by atoms with Crippen LogP contribution in [0, 0.1) is 0 Å². The fourth-order valence-corrected chi connectivity index (χ4v) is 2.18. The first-order valence-corrected chi connectivity index (χ1v) is 6.54. The molecule has 1 heterocycles. The van der Waals surface area contributed by atoms with Crippen molar-refractivity contribution in [3.8, 4) is 5.75 Å². The van der Waals surface area contributed by atoms with Crippen LogP contribution in [0.3, 0.4) is 0 Å². The van der Waals surface area contributed by atoms with Crippen molar-refractivity contribution in [3.05, 3.63) is 58.3 Å². The molecule has 0 aliphatic heterocycles. The second kappa shape index (κ2) is 8.31. The van der Waals surface area contributed by atoms with E-state index in [9.17, 15) is 9.90 Å². The molecule has 1 aromatic carbocycles. The Morgan fingerprint density at radius 1 is 1.33 bits per heavy atom. The molecule has 0 saturated heterocycles. The van der Waals surface area contributed by atoms with Crippen LogP contribution < -0.4 is 23.6 Å². The summed E-state index contributed by atoms with van der Waals surface area (Å²) in [5.41, 5.74) is 0.771. The molecule has 0 aliphatic carbocycles. The number of aromatic nitrogens is 1. The first-order chi connectivity index (χ1) is 9.54. The zero-order valence-electron chi connectivity index (χ0n) is 12.3. The predicted octanol–water partition coefficient (Wildman–Crippen LogP) is 0.580. The SMILES string of the molecule is O=C(O)C(Cc1cccnc1)Oc1cc(Cl)cc(Cl)c1.[H-].[Li+]. The van der Waals surface area contributed by atoms with Crippen molar-refractivity contribution in [2.75, 3.05) is 0 Å². The van der Waals surface area contributed by atoms with Gasteiger partial charge in [-0.05, 0) is 29.8 Å². The molecular formula is C14H12Cl2LiNO3. The van der Waals surface area contributed by atoms with Crippen molar-refractivity contribution in [1.82, 2.24) is 4.98 Å². The van der Waals surface area contributed by atoms with Gasteiger partial charge in [0.2, 0.25) is 0 Å². The molecule has 2 aromatic rings. The number of rotatable bonds is 5. The monoisotopic (exact) mass is 319 g/mol. The van der Waals surface area contributed by atoms with Gasteiger partial charge in [-0.25, -0.2) is 4.79 Å². The number of benzene rings is 1. The number of pyridine rings is 1. The minimum Gasteiger partial charge on any atom is -1.00 e. The Bertz CT molecular complexity index is 596. The van der Waals surface area contributed by atoms with Gasteiger partial charge in [-0.3, -0.25) is 4.98 Å². The van der Waals surface area contributed by atoms with Crippen LogP contribution in [0.25, 0.3) is 0 Å². The molecule has 0 aliphatic rings. The van der Waals surface area contributed by atoms with Crippen molar-refractivity contribution < 1.29 is 34.9 Å². The number of hydrogen-bond donors (Lipinski definition) is 1. The summed E-state index contributed by atoms with van der Waals surface area (Å²) in [7, 11) is 0. The van der Waals surface area contributed by atoms with Gasteiger partial charge >= 0.3 is 24.8 Å². The summed E-state index contributed by atoms with van der Waals surface area (Å²) in [5.74, 6) is -0.747. The molecule has 0 amide bonds. The molecule has 1 N–H and O–H groups in total. The van der Waals surface area contributed by atoms with Crippen molar-refractivity contribution >= 4 is 29.2 Å². The van der Waals surface area contributed by atoms with Crippen molar-refractivity contribution in [1.29, 1.82) is 0 Å². The first kappa shape index (κ1) is 17.9. The van der Waals surface area contributed by atoms with E-state index >= 15 is 0 Å². The van der Waals surface area contributed by atoms with E-state index in [-0.39, 0.29) is 26.7 Å². The van der Waals surface area contributed by atoms with E-state index in [1.54, 1.807) is 30.6 Å². The summed E-state index contributed by atoms with van der Waals surface area (Å²) in [6.45, 7) is 0. The van der Waals surface area contributed by atoms with Crippen LogP contribution in [0.1, 0.15) is 6.99 Å². The molecule has 0 spiro atoms. The molecular weight excluding hydrogens is 308 g/mol. The zero-order chi connectivity index (χ0) is 14.5. The van der Waals surface area contributed by atoms with Crippen LogP contribution in [0.5, 0.6) is 5.75 Å². The maximum atomic E-state index is 11.3. The van der Waals surface area contributed by atoms with Gasteiger partial charge in [-0.1, -0.05) is 29.3 Å². The minimum absolute atomic E-state index is 0. The third-order valence-corrected chi connectivity index (χ3v) is 2.97. The summed E-state index contributed by atoms with van der Waals surface area (Å²) in [6, 6.07) is 8.12. The van der Waals surface area contributed by atoms with Crippen LogP contribution in [0.15, 0.2) is 42.7 Å². The molecule has 1 atom stereocenters. The Labute approximate surface area is 145 Å². The van der Waals surface area contributed by atoms with E-state index in [1.165, 1.54) is 12.1 Å². The molecule has 1 aromatic heterocycles. The molecule has 0 saturated carbocycles. The fraction of sp³-hybridized carbons (Fsp3) is 0.143. The number of halogens is 2. The largest absolute Gasteiger partial charge is 1.00 e. The molecule has 2 rings (SSSR count). The quantitative estimate of drug-likeness (QED) is 0.819. The predicted molar refractivity (Wildman–Crippen MR) is 77.6 cm³/mol. The fourth-order valence-electron chi connectivity index (χ4n) is 1.67. The van der Waals surface area contributed by atoms with Gasteiger partial charge < -0.3 is 11.3 Å². The van der Waals surface area contributed by atoms with E-state index in [4.69, 9.17) is 27.9 Å². The molecule has 0 radical (unpaired) electrons. The Morgan fingerprint density at radius 3 is 2.52 bits per heavy atom. The standard InChI is InChI=1S/C14H11Cl2NO3.Li.H/c15-10-5-11(16)7-12(6-10)20-13(14(18)19)4-9-2-1-3-17-8-9;;/h1-3,5-8,13H,4H2,(H,18,19);;/q;+1;-1. The molecule has 7 heteroatoms. The van der Waals surface area contributed by atoms with Crippen LogP contribution in [-0.4, -0.2) is 22.2 Å². The summed E-state index contributed by atoms with van der Waals surface area (Å²) < 4.78 is 5.45. The number of nitrogens with zero attached hydrogens (tertiary/aromatic N) is 1. The number of ether oxygens (including phenoxy) is 1. The van der Waals surface area contributed by atoms with Gasteiger partial charge in [-0.15, -0.1) is 0 Å². The van der Waals surface area contributed by atoms with Crippen molar-refractivity contribution in [2.24, 2.45) is 0 Å². The third kappa shape index (κ3) is 5.60. The maximum absolute atomic E-state index is 11.3. The van der Waals surface area contributed by atoms with Crippen molar-refractivity contribution in [2.45, 2.75) is 12.5 Å². The average Bonchev–Trinajstić information content (AvgIpc) is 2.38. The van der Waals surface area contributed by atoms with Gasteiger partial charge in [0.05, 0.1) is 0 Å². The number of hydrogen-bond acceptors (Lipinski definition) is 3. The maximum Gasteiger partial charge on any atom is 1.00 e. The first-order valence-electron chi connectivity index (χ1n) is 5.79. The van der Waals surface area contributed by atoms with Crippen LogP contribution in [-0.2, 0) is 11.2 Å².